The number of hydrogen-bond donors (Lipinski definition) is 3. The minimum Gasteiger partial charge on any atom is -0.462 e. The third-order valence-corrected chi connectivity index (χ3v) is 11.5. The van der Waals surface area contributed by atoms with Crippen molar-refractivity contribution in [3.63, 3.8) is 0 Å². The molecule has 3 N–H and O–H groups in total. The van der Waals surface area contributed by atoms with Gasteiger partial charge in [-0.2, -0.15) is 0 Å². The number of allylic oxidation sites excluding steroid dienone is 10. The van der Waals surface area contributed by atoms with Gasteiger partial charge in [-0.3, -0.25) is 9.59 Å². The van der Waals surface area contributed by atoms with Crippen LogP contribution in [-0.4, -0.2) is 46.9 Å². The molecule has 0 rings (SSSR count). The Balaban J connectivity index is 4.49. The number of aliphatic hydroxyl groups is 2. The van der Waals surface area contributed by atoms with Crippen LogP contribution in [0.15, 0.2) is 60.8 Å². The number of nitrogens with one attached hydrogen (secondary N) is 1. The highest BCUT2D eigenvalue weighted by atomic mass is 16.5. The van der Waals surface area contributed by atoms with E-state index < -0.39 is 18.2 Å². The van der Waals surface area contributed by atoms with Gasteiger partial charge in [-0.05, 0) is 44.9 Å². The molecule has 0 saturated heterocycles. The maximum absolute atomic E-state index is 13.2. The molecular formula is C54H97NO5. The first kappa shape index (κ1) is 57.6. The van der Waals surface area contributed by atoms with E-state index in [0.717, 1.165) is 70.6 Å². The SMILES string of the molecule is CC/C=C/C=C/C=C\C=C/C=C/CCCCCC(=O)OC(CCCCCCCCCCC)CC(=O)NC(CO)C(O)CCCCCCCCCCCCCCCCCCC. The first-order valence-electron chi connectivity index (χ1n) is 25.6. The van der Waals surface area contributed by atoms with Crippen LogP contribution in [0.25, 0.3) is 0 Å². The molecule has 3 unspecified atom stereocenters. The van der Waals surface area contributed by atoms with Gasteiger partial charge in [-0.1, -0.05) is 248 Å². The summed E-state index contributed by atoms with van der Waals surface area (Å²) >= 11 is 0. The number of esters is 1. The normalized spacial score (nSPS) is 13.8. The number of unbranched alkanes of at least 4 members (excludes halogenated alkanes) is 27. The number of rotatable bonds is 45. The van der Waals surface area contributed by atoms with E-state index in [0.29, 0.717) is 19.3 Å². The van der Waals surface area contributed by atoms with Crippen molar-refractivity contribution in [3.05, 3.63) is 60.8 Å². The number of amides is 1. The Morgan fingerprint density at radius 1 is 0.500 bits per heavy atom. The molecular weight excluding hydrogens is 743 g/mol. The smallest absolute Gasteiger partial charge is 0.306 e. The third kappa shape index (κ3) is 42.3. The molecule has 0 aliphatic heterocycles. The van der Waals surface area contributed by atoms with Crippen LogP contribution in [0.1, 0.15) is 245 Å². The van der Waals surface area contributed by atoms with E-state index in [4.69, 9.17) is 4.74 Å². The molecule has 0 aromatic rings. The Bertz CT molecular complexity index is 1080. The summed E-state index contributed by atoms with van der Waals surface area (Å²) in [7, 11) is 0. The van der Waals surface area contributed by atoms with E-state index >= 15 is 0 Å². The van der Waals surface area contributed by atoms with Gasteiger partial charge in [0.2, 0.25) is 5.91 Å². The summed E-state index contributed by atoms with van der Waals surface area (Å²) in [6, 6.07) is -0.709. The van der Waals surface area contributed by atoms with Crippen LogP contribution >= 0.6 is 0 Å². The Morgan fingerprint density at radius 3 is 1.35 bits per heavy atom. The van der Waals surface area contributed by atoms with Crippen molar-refractivity contribution in [1.82, 2.24) is 5.32 Å². The fraction of sp³-hybridized carbons (Fsp3) is 0.778. The molecule has 0 aliphatic carbocycles. The molecule has 60 heavy (non-hydrogen) atoms. The van der Waals surface area contributed by atoms with Crippen LogP contribution in [0, 0.1) is 0 Å². The molecule has 0 bridgehead atoms. The number of carbonyl (C=O) groups is 2. The molecule has 348 valence electrons. The van der Waals surface area contributed by atoms with Crippen LogP contribution in [0.2, 0.25) is 0 Å². The summed E-state index contributed by atoms with van der Waals surface area (Å²) in [5.74, 6) is -0.521. The van der Waals surface area contributed by atoms with Crippen molar-refractivity contribution in [2.45, 2.75) is 264 Å². The van der Waals surface area contributed by atoms with E-state index in [2.05, 4.69) is 44.3 Å². The van der Waals surface area contributed by atoms with Crippen molar-refractivity contribution in [2.24, 2.45) is 0 Å². The minimum absolute atomic E-state index is 0.0603. The molecule has 1 amide bonds. The van der Waals surface area contributed by atoms with Gasteiger partial charge in [-0.25, -0.2) is 0 Å². The van der Waals surface area contributed by atoms with Gasteiger partial charge >= 0.3 is 5.97 Å². The predicted octanol–water partition coefficient (Wildman–Crippen LogP) is 15.2. The standard InChI is InChI=1S/C54H97NO5/c1-4-7-10-13-16-19-21-23-25-26-28-29-31-34-37-40-43-46-52(57)51(49-56)55-53(58)48-50(45-42-39-36-33-18-15-12-9-6-3)60-54(59)47-44-41-38-35-32-30-27-24-22-20-17-14-11-8-5-2/h8,11,14,17,20,22,24,27,30,32,50-52,56-57H,4-7,9-10,12-13,15-16,18-19,21,23,25-26,28-29,31,33-49H2,1-3H3,(H,55,58)/b11-8+,17-14+,22-20-,27-24-,32-30+. The van der Waals surface area contributed by atoms with Crippen molar-refractivity contribution < 1.29 is 24.5 Å². The molecule has 6 heteroatoms. The minimum atomic E-state index is -0.795. The van der Waals surface area contributed by atoms with Crippen LogP contribution in [0.5, 0.6) is 0 Å². The number of carbonyl (C=O) groups excluding carboxylic acids is 2. The average Bonchev–Trinajstić information content (AvgIpc) is 3.24. The quantitative estimate of drug-likeness (QED) is 0.0322. The zero-order valence-corrected chi connectivity index (χ0v) is 39.6. The highest BCUT2D eigenvalue weighted by molar-refractivity contribution is 5.77. The van der Waals surface area contributed by atoms with Gasteiger partial charge in [0.05, 0.1) is 25.2 Å². The highest BCUT2D eigenvalue weighted by Gasteiger charge is 2.24. The summed E-state index contributed by atoms with van der Waals surface area (Å²) in [4.78, 5) is 26.0. The second-order valence-electron chi connectivity index (χ2n) is 17.3. The lowest BCUT2D eigenvalue weighted by molar-refractivity contribution is -0.151. The third-order valence-electron chi connectivity index (χ3n) is 11.5. The van der Waals surface area contributed by atoms with Crippen molar-refractivity contribution in [2.75, 3.05) is 6.61 Å². The van der Waals surface area contributed by atoms with Crippen molar-refractivity contribution in [3.8, 4) is 0 Å². The zero-order chi connectivity index (χ0) is 43.8. The fourth-order valence-electron chi connectivity index (χ4n) is 7.63. The summed E-state index contributed by atoms with van der Waals surface area (Å²) in [5.41, 5.74) is 0. The molecule has 0 radical (unpaired) electrons. The van der Waals surface area contributed by atoms with Crippen LogP contribution < -0.4 is 5.32 Å². The molecule has 6 nitrogen and oxygen atoms in total. The number of aliphatic hydroxyl groups excluding tert-OH is 2. The number of hydrogen-bond acceptors (Lipinski definition) is 5. The summed E-state index contributed by atoms with van der Waals surface area (Å²) in [6.45, 7) is 6.32. The molecule has 0 saturated carbocycles. The molecule has 0 heterocycles. The van der Waals surface area contributed by atoms with E-state index in [9.17, 15) is 19.8 Å². The molecule has 0 aliphatic rings. The predicted molar refractivity (Wildman–Crippen MR) is 259 cm³/mol. The number of ether oxygens (including phenoxy) is 1. The maximum Gasteiger partial charge on any atom is 0.306 e. The summed E-state index contributed by atoms with van der Waals surface area (Å²) in [6.07, 6.45) is 58.6. The van der Waals surface area contributed by atoms with Gasteiger partial charge in [-0.15, -0.1) is 0 Å². The molecule has 3 atom stereocenters. The van der Waals surface area contributed by atoms with Gasteiger partial charge < -0.3 is 20.3 Å². The monoisotopic (exact) mass is 840 g/mol. The van der Waals surface area contributed by atoms with E-state index in [1.54, 1.807) is 0 Å². The molecule has 0 fully saturated rings. The van der Waals surface area contributed by atoms with Crippen molar-refractivity contribution in [1.29, 1.82) is 0 Å². The second-order valence-corrected chi connectivity index (χ2v) is 17.3. The zero-order valence-electron chi connectivity index (χ0n) is 39.6. The van der Waals surface area contributed by atoms with Gasteiger partial charge in [0, 0.05) is 6.42 Å². The Hall–Kier alpha value is -2.44. The average molecular weight is 840 g/mol. The lowest BCUT2D eigenvalue weighted by Gasteiger charge is -2.24. The topological polar surface area (TPSA) is 95.9 Å². The Kier molecular flexibility index (Phi) is 45.7. The Labute approximate surface area is 371 Å². The maximum atomic E-state index is 13.2. The lowest BCUT2D eigenvalue weighted by atomic mass is 10.0. The van der Waals surface area contributed by atoms with E-state index in [-0.39, 0.29) is 24.9 Å². The van der Waals surface area contributed by atoms with Gasteiger partial charge in [0.1, 0.15) is 6.10 Å². The highest BCUT2D eigenvalue weighted by Crippen LogP contribution is 2.18. The molecule has 0 aromatic heterocycles. The Morgan fingerprint density at radius 2 is 0.900 bits per heavy atom. The first-order chi connectivity index (χ1) is 29.5. The fourth-order valence-corrected chi connectivity index (χ4v) is 7.63. The van der Waals surface area contributed by atoms with Crippen LogP contribution in [-0.2, 0) is 14.3 Å². The molecule has 0 spiro atoms. The van der Waals surface area contributed by atoms with E-state index in [1.165, 1.54) is 128 Å². The lowest BCUT2D eigenvalue weighted by Crippen LogP contribution is -2.46. The largest absolute Gasteiger partial charge is 0.462 e. The molecule has 0 aromatic carbocycles. The van der Waals surface area contributed by atoms with Crippen LogP contribution in [0.4, 0.5) is 0 Å². The first-order valence-corrected chi connectivity index (χ1v) is 25.6. The van der Waals surface area contributed by atoms with Crippen LogP contribution in [0.3, 0.4) is 0 Å². The second kappa shape index (κ2) is 47.6. The van der Waals surface area contributed by atoms with E-state index in [1.807, 2.05) is 42.5 Å². The van der Waals surface area contributed by atoms with Gasteiger partial charge in [0.15, 0.2) is 0 Å². The summed E-state index contributed by atoms with van der Waals surface area (Å²) < 4.78 is 5.89. The van der Waals surface area contributed by atoms with Crippen molar-refractivity contribution >= 4 is 11.9 Å². The summed E-state index contributed by atoms with van der Waals surface area (Å²) in [5, 5.41) is 23.8. The van der Waals surface area contributed by atoms with Gasteiger partial charge in [0.25, 0.3) is 0 Å².